The molecule has 0 saturated heterocycles. The highest BCUT2D eigenvalue weighted by atomic mass is 16.2. The summed E-state index contributed by atoms with van der Waals surface area (Å²) in [6.45, 7) is 7.02. The molecular weight excluding hydrogens is 462 g/mol. The van der Waals surface area contributed by atoms with Gasteiger partial charge in [-0.15, -0.1) is 0 Å². The van der Waals surface area contributed by atoms with Gasteiger partial charge in [-0.25, -0.2) is 4.98 Å². The van der Waals surface area contributed by atoms with E-state index >= 15 is 0 Å². The lowest BCUT2D eigenvalue weighted by molar-refractivity contribution is -0.129. The molecule has 4 rings (SSSR count). The van der Waals surface area contributed by atoms with E-state index in [1.807, 2.05) is 36.4 Å². The van der Waals surface area contributed by atoms with Crippen molar-refractivity contribution in [3.63, 3.8) is 0 Å². The number of carbonyl (C=O) groups is 2. The molecule has 2 amide bonds. The zero-order chi connectivity index (χ0) is 26.4. The van der Waals surface area contributed by atoms with Crippen LogP contribution in [0, 0.1) is 11.3 Å². The molecule has 37 heavy (non-hydrogen) atoms. The molecule has 1 saturated carbocycles. The number of benzene rings is 2. The van der Waals surface area contributed by atoms with Crippen LogP contribution >= 0.6 is 0 Å². The van der Waals surface area contributed by atoms with Gasteiger partial charge in [-0.05, 0) is 30.2 Å². The van der Waals surface area contributed by atoms with Gasteiger partial charge in [-0.2, -0.15) is 0 Å². The van der Waals surface area contributed by atoms with Gasteiger partial charge in [0, 0.05) is 30.3 Å². The molecule has 1 heterocycles. The summed E-state index contributed by atoms with van der Waals surface area (Å²) in [7, 11) is 0. The van der Waals surface area contributed by atoms with Gasteiger partial charge < -0.3 is 20.9 Å². The van der Waals surface area contributed by atoms with E-state index in [4.69, 9.17) is 10.7 Å². The predicted octanol–water partition coefficient (Wildman–Crippen LogP) is 4.44. The number of nitrogens with two attached hydrogens (primary N) is 1. The van der Waals surface area contributed by atoms with Gasteiger partial charge in [0.2, 0.25) is 11.8 Å². The Hall–Kier alpha value is -3.45. The number of aromatic nitrogens is 2. The Kier molecular flexibility index (Phi) is 8.44. The van der Waals surface area contributed by atoms with Crippen LogP contribution in [-0.2, 0) is 16.1 Å². The average molecular weight is 502 g/mol. The standard InChI is InChI=1S/C30H39N5O2/c1-30(2,3)27(34-29(37)23-15-10-16-24(17-23)32-26(36)18-31)28-33-25(22-13-8-5-9-14-22)20-35(28)19-21-11-6-4-7-12-21/h4-9,11-14,20,23-24,27H,10,15-19,31H2,1-3H3,(H,32,36)(H,34,37)/t23-,24+,27+/m1/s1. The Labute approximate surface area is 219 Å². The zero-order valence-corrected chi connectivity index (χ0v) is 22.1. The van der Waals surface area contributed by atoms with Crippen LogP contribution < -0.4 is 16.4 Å². The summed E-state index contributed by atoms with van der Waals surface area (Å²) >= 11 is 0. The summed E-state index contributed by atoms with van der Waals surface area (Å²) in [4.78, 5) is 30.5. The molecule has 7 heteroatoms. The Morgan fingerprint density at radius 2 is 1.73 bits per heavy atom. The number of carbonyl (C=O) groups excluding carboxylic acids is 2. The van der Waals surface area contributed by atoms with Crippen LogP contribution in [0.5, 0.6) is 0 Å². The van der Waals surface area contributed by atoms with Gasteiger partial charge >= 0.3 is 0 Å². The third-order valence-electron chi connectivity index (χ3n) is 7.08. The van der Waals surface area contributed by atoms with E-state index in [1.165, 1.54) is 5.56 Å². The normalized spacial score (nSPS) is 18.7. The fourth-order valence-corrected chi connectivity index (χ4v) is 5.09. The zero-order valence-electron chi connectivity index (χ0n) is 22.1. The van der Waals surface area contributed by atoms with Crippen LogP contribution in [0.25, 0.3) is 11.3 Å². The maximum Gasteiger partial charge on any atom is 0.233 e. The monoisotopic (exact) mass is 501 g/mol. The molecule has 1 fully saturated rings. The first-order valence-corrected chi connectivity index (χ1v) is 13.2. The van der Waals surface area contributed by atoms with Gasteiger partial charge in [-0.1, -0.05) is 87.9 Å². The molecule has 0 unspecified atom stereocenters. The highest BCUT2D eigenvalue weighted by Crippen LogP contribution is 2.35. The molecule has 1 aliphatic carbocycles. The number of hydrogen-bond acceptors (Lipinski definition) is 4. The lowest BCUT2D eigenvalue weighted by atomic mass is 9.82. The van der Waals surface area contributed by atoms with Crippen LogP contribution in [0.3, 0.4) is 0 Å². The average Bonchev–Trinajstić information content (AvgIpc) is 3.30. The predicted molar refractivity (Wildman–Crippen MR) is 146 cm³/mol. The van der Waals surface area contributed by atoms with Crippen LogP contribution in [0.4, 0.5) is 0 Å². The van der Waals surface area contributed by atoms with Crippen molar-refractivity contribution >= 4 is 11.8 Å². The molecule has 7 nitrogen and oxygen atoms in total. The van der Waals surface area contributed by atoms with E-state index in [2.05, 4.69) is 66.4 Å². The molecular formula is C30H39N5O2. The number of nitrogens with zero attached hydrogens (tertiary/aromatic N) is 2. The number of rotatable bonds is 8. The summed E-state index contributed by atoms with van der Waals surface area (Å²) in [5.74, 6) is 0.525. The molecule has 0 radical (unpaired) electrons. The van der Waals surface area contributed by atoms with Gasteiger partial charge in [0.25, 0.3) is 0 Å². The van der Waals surface area contributed by atoms with Crippen molar-refractivity contribution in [2.75, 3.05) is 6.54 Å². The summed E-state index contributed by atoms with van der Waals surface area (Å²) in [6.07, 6.45) is 5.30. The van der Waals surface area contributed by atoms with Gasteiger partial charge in [0.05, 0.1) is 18.3 Å². The van der Waals surface area contributed by atoms with Crippen molar-refractivity contribution in [3.05, 3.63) is 78.2 Å². The first-order valence-electron chi connectivity index (χ1n) is 13.2. The highest BCUT2D eigenvalue weighted by molar-refractivity contribution is 5.80. The summed E-state index contributed by atoms with van der Waals surface area (Å²) in [5.41, 5.74) is 8.30. The second kappa shape index (κ2) is 11.7. The number of imidazole rings is 1. The van der Waals surface area contributed by atoms with E-state index < -0.39 is 0 Å². The minimum absolute atomic E-state index is 0.0154. The molecule has 0 bridgehead atoms. The Balaban J connectivity index is 1.63. The Morgan fingerprint density at radius 3 is 2.38 bits per heavy atom. The minimum Gasteiger partial charge on any atom is -0.352 e. The Morgan fingerprint density at radius 1 is 1.05 bits per heavy atom. The fourth-order valence-electron chi connectivity index (χ4n) is 5.09. The van der Waals surface area contributed by atoms with Gasteiger partial charge in [-0.3, -0.25) is 9.59 Å². The molecule has 0 aliphatic heterocycles. The largest absolute Gasteiger partial charge is 0.352 e. The van der Waals surface area contributed by atoms with E-state index in [0.717, 1.165) is 36.3 Å². The number of hydrogen-bond donors (Lipinski definition) is 3. The summed E-state index contributed by atoms with van der Waals surface area (Å²) in [5, 5.41) is 6.33. The highest BCUT2D eigenvalue weighted by Gasteiger charge is 2.35. The second-order valence-corrected chi connectivity index (χ2v) is 11.1. The van der Waals surface area contributed by atoms with Crippen LogP contribution in [0.15, 0.2) is 66.9 Å². The molecule has 4 N–H and O–H groups in total. The third-order valence-corrected chi connectivity index (χ3v) is 7.08. The van der Waals surface area contributed by atoms with Crippen molar-refractivity contribution in [1.82, 2.24) is 20.2 Å². The van der Waals surface area contributed by atoms with E-state index in [-0.39, 0.29) is 41.8 Å². The van der Waals surface area contributed by atoms with E-state index in [0.29, 0.717) is 13.0 Å². The lowest BCUT2D eigenvalue weighted by Gasteiger charge is -2.34. The maximum atomic E-state index is 13.6. The summed E-state index contributed by atoms with van der Waals surface area (Å²) in [6, 6.07) is 20.1. The summed E-state index contributed by atoms with van der Waals surface area (Å²) < 4.78 is 2.17. The number of amides is 2. The molecule has 1 aliphatic rings. The van der Waals surface area contributed by atoms with Crippen LogP contribution in [0.1, 0.15) is 63.9 Å². The lowest BCUT2D eigenvalue weighted by Crippen LogP contribution is -2.46. The van der Waals surface area contributed by atoms with Crippen molar-refractivity contribution in [2.24, 2.45) is 17.1 Å². The topological polar surface area (TPSA) is 102 Å². The van der Waals surface area contributed by atoms with E-state index in [1.54, 1.807) is 0 Å². The third kappa shape index (κ3) is 6.86. The minimum atomic E-state index is -0.291. The smallest absolute Gasteiger partial charge is 0.233 e. The SMILES string of the molecule is CC(C)(C)[C@@H](NC(=O)[C@@H]1CCC[C@H](NC(=O)CN)C1)c1nc(-c2ccccc2)cn1Cc1ccccc1. The molecule has 196 valence electrons. The molecule has 3 aromatic rings. The number of nitrogens with one attached hydrogen (secondary N) is 2. The van der Waals surface area contributed by atoms with Crippen LogP contribution in [0.2, 0.25) is 0 Å². The van der Waals surface area contributed by atoms with Gasteiger partial charge in [0.15, 0.2) is 0 Å². The van der Waals surface area contributed by atoms with E-state index in [9.17, 15) is 9.59 Å². The molecule has 1 aromatic heterocycles. The molecule has 0 spiro atoms. The first kappa shape index (κ1) is 26.6. The first-order chi connectivity index (χ1) is 17.7. The second-order valence-electron chi connectivity index (χ2n) is 11.1. The van der Waals surface area contributed by atoms with Crippen molar-refractivity contribution in [2.45, 2.75) is 65.1 Å². The quantitative estimate of drug-likeness (QED) is 0.425. The maximum absolute atomic E-state index is 13.6. The Bertz CT molecular complexity index is 1180. The molecule has 3 atom stereocenters. The van der Waals surface area contributed by atoms with Crippen molar-refractivity contribution in [3.8, 4) is 11.3 Å². The van der Waals surface area contributed by atoms with Gasteiger partial charge in [0.1, 0.15) is 5.82 Å². The van der Waals surface area contributed by atoms with Crippen LogP contribution in [-0.4, -0.2) is 34.0 Å². The molecule has 2 aromatic carbocycles. The van der Waals surface area contributed by atoms with Crippen molar-refractivity contribution in [1.29, 1.82) is 0 Å². The van der Waals surface area contributed by atoms with Crippen molar-refractivity contribution < 1.29 is 9.59 Å². The fraction of sp³-hybridized carbons (Fsp3) is 0.433.